The minimum absolute atomic E-state index is 0.601. The normalized spacial score (nSPS) is 19.0. The fourth-order valence-corrected chi connectivity index (χ4v) is 2.63. The summed E-state index contributed by atoms with van der Waals surface area (Å²) in [6.07, 6.45) is 11.1. The molecule has 1 aromatic heterocycles. The fraction of sp³-hybridized carbons (Fsp3) is 0.818. The fourth-order valence-electron chi connectivity index (χ4n) is 2.23. The van der Waals surface area contributed by atoms with Crippen molar-refractivity contribution in [3.8, 4) is 0 Å². The van der Waals surface area contributed by atoms with Gasteiger partial charge in [0.1, 0.15) is 0 Å². The molecule has 1 aromatic rings. The van der Waals surface area contributed by atoms with E-state index in [-0.39, 0.29) is 0 Å². The number of hydrogen-bond donors (Lipinski definition) is 0. The Hall–Kier alpha value is -0.380. The van der Waals surface area contributed by atoms with Crippen LogP contribution in [0.5, 0.6) is 0 Å². The molecular formula is C11H18BrN3. The molecule has 1 heterocycles. The van der Waals surface area contributed by atoms with Crippen molar-refractivity contribution < 1.29 is 0 Å². The molecule has 0 N–H and O–H groups in total. The lowest BCUT2D eigenvalue weighted by atomic mass is 10.1. The predicted molar refractivity (Wildman–Crippen MR) is 64.3 cm³/mol. The van der Waals surface area contributed by atoms with Gasteiger partial charge in [-0.2, -0.15) is 0 Å². The minimum atomic E-state index is 0.601. The number of rotatable bonds is 3. The van der Waals surface area contributed by atoms with Crippen molar-refractivity contribution in [3.63, 3.8) is 0 Å². The van der Waals surface area contributed by atoms with Crippen LogP contribution in [0.15, 0.2) is 6.20 Å². The standard InChI is InChI=1S/C11H18BrN3/c12-8-7-10-9-15(14-13-10)11-5-3-1-2-4-6-11/h9,11H,1-8H2. The second kappa shape index (κ2) is 5.64. The number of halogens is 1. The molecule has 0 radical (unpaired) electrons. The van der Waals surface area contributed by atoms with Crippen LogP contribution >= 0.6 is 15.9 Å². The van der Waals surface area contributed by atoms with Gasteiger partial charge in [0.15, 0.2) is 0 Å². The minimum Gasteiger partial charge on any atom is -0.249 e. The summed E-state index contributed by atoms with van der Waals surface area (Å²) >= 11 is 3.43. The number of aromatic nitrogens is 3. The summed E-state index contributed by atoms with van der Waals surface area (Å²) in [6, 6.07) is 0.601. The SMILES string of the molecule is BrCCc1cn(C2CCCCCC2)nn1. The molecule has 0 unspecified atom stereocenters. The van der Waals surface area contributed by atoms with Gasteiger partial charge in [-0.3, -0.25) is 0 Å². The highest BCUT2D eigenvalue weighted by molar-refractivity contribution is 9.09. The van der Waals surface area contributed by atoms with E-state index in [0.717, 1.165) is 17.4 Å². The summed E-state index contributed by atoms with van der Waals surface area (Å²) in [5.41, 5.74) is 1.11. The molecule has 2 rings (SSSR count). The molecule has 0 aromatic carbocycles. The molecule has 0 atom stereocenters. The lowest BCUT2D eigenvalue weighted by Crippen LogP contribution is -2.08. The highest BCUT2D eigenvalue weighted by Gasteiger charge is 2.15. The van der Waals surface area contributed by atoms with Gasteiger partial charge in [0.25, 0.3) is 0 Å². The molecule has 1 aliphatic carbocycles. The van der Waals surface area contributed by atoms with Crippen molar-refractivity contribution in [2.75, 3.05) is 5.33 Å². The molecular weight excluding hydrogens is 254 g/mol. The third-order valence-corrected chi connectivity index (χ3v) is 3.50. The average Bonchev–Trinajstić information content (AvgIpc) is 2.53. The van der Waals surface area contributed by atoms with Crippen molar-refractivity contribution in [1.82, 2.24) is 15.0 Å². The molecule has 4 heteroatoms. The van der Waals surface area contributed by atoms with E-state index in [9.17, 15) is 0 Å². The maximum Gasteiger partial charge on any atom is 0.0835 e. The summed E-state index contributed by atoms with van der Waals surface area (Å²) in [7, 11) is 0. The quantitative estimate of drug-likeness (QED) is 0.625. The number of nitrogens with zero attached hydrogens (tertiary/aromatic N) is 3. The first-order valence-corrected chi connectivity index (χ1v) is 6.99. The Morgan fingerprint density at radius 2 is 2.00 bits per heavy atom. The molecule has 0 spiro atoms. The van der Waals surface area contributed by atoms with E-state index in [1.165, 1.54) is 38.5 Å². The molecule has 1 saturated carbocycles. The zero-order valence-corrected chi connectivity index (χ0v) is 10.6. The van der Waals surface area contributed by atoms with Crippen molar-refractivity contribution in [1.29, 1.82) is 0 Å². The van der Waals surface area contributed by atoms with Gasteiger partial charge in [-0.25, -0.2) is 4.68 Å². The van der Waals surface area contributed by atoms with E-state index in [1.54, 1.807) is 0 Å². The Morgan fingerprint density at radius 3 is 2.67 bits per heavy atom. The molecule has 3 nitrogen and oxygen atoms in total. The number of aryl methyl sites for hydroxylation is 1. The first-order chi connectivity index (χ1) is 7.40. The summed E-state index contributed by atoms with van der Waals surface area (Å²) in [4.78, 5) is 0. The van der Waals surface area contributed by atoms with Crippen molar-refractivity contribution in [2.24, 2.45) is 0 Å². The molecule has 1 aliphatic rings. The lowest BCUT2D eigenvalue weighted by Gasteiger charge is -2.12. The van der Waals surface area contributed by atoms with Crippen molar-refractivity contribution >= 4 is 15.9 Å². The van der Waals surface area contributed by atoms with Gasteiger partial charge < -0.3 is 0 Å². The van der Waals surface area contributed by atoms with Crippen molar-refractivity contribution in [3.05, 3.63) is 11.9 Å². The van der Waals surface area contributed by atoms with Crippen LogP contribution in [0.2, 0.25) is 0 Å². The van der Waals surface area contributed by atoms with Crippen LogP contribution in [0, 0.1) is 0 Å². The van der Waals surface area contributed by atoms with Crippen LogP contribution in [0.1, 0.15) is 50.3 Å². The molecule has 1 fully saturated rings. The van der Waals surface area contributed by atoms with Gasteiger partial charge in [-0.05, 0) is 12.8 Å². The molecule has 0 amide bonds. The molecule has 15 heavy (non-hydrogen) atoms. The van der Waals surface area contributed by atoms with Gasteiger partial charge in [-0.15, -0.1) is 5.10 Å². The summed E-state index contributed by atoms with van der Waals surface area (Å²) < 4.78 is 2.09. The molecule has 0 saturated heterocycles. The Bertz CT molecular complexity index is 290. The predicted octanol–water partition coefficient (Wildman–Crippen LogP) is 3.11. The van der Waals surface area contributed by atoms with Crippen LogP contribution in [-0.4, -0.2) is 20.3 Å². The monoisotopic (exact) mass is 271 g/mol. The van der Waals surface area contributed by atoms with E-state index >= 15 is 0 Å². The smallest absolute Gasteiger partial charge is 0.0835 e. The van der Waals surface area contributed by atoms with E-state index in [1.807, 2.05) is 0 Å². The maximum absolute atomic E-state index is 4.25. The van der Waals surface area contributed by atoms with Crippen LogP contribution in [0.25, 0.3) is 0 Å². The topological polar surface area (TPSA) is 30.7 Å². The highest BCUT2D eigenvalue weighted by atomic mass is 79.9. The van der Waals surface area contributed by atoms with E-state index < -0.39 is 0 Å². The number of alkyl halides is 1. The average molecular weight is 272 g/mol. The van der Waals surface area contributed by atoms with E-state index in [2.05, 4.69) is 37.1 Å². The van der Waals surface area contributed by atoms with E-state index in [0.29, 0.717) is 6.04 Å². The van der Waals surface area contributed by atoms with Gasteiger partial charge in [-0.1, -0.05) is 46.8 Å². The summed E-state index contributed by atoms with van der Waals surface area (Å²) in [5, 5.41) is 9.41. The maximum atomic E-state index is 4.25. The third-order valence-electron chi connectivity index (χ3n) is 3.11. The third kappa shape index (κ3) is 3.03. The second-order valence-electron chi connectivity index (χ2n) is 4.27. The van der Waals surface area contributed by atoms with Gasteiger partial charge in [0, 0.05) is 17.9 Å². The highest BCUT2D eigenvalue weighted by Crippen LogP contribution is 2.26. The molecule has 84 valence electrons. The Labute approximate surface area is 99.4 Å². The zero-order chi connectivity index (χ0) is 10.5. The van der Waals surface area contributed by atoms with E-state index in [4.69, 9.17) is 0 Å². The second-order valence-corrected chi connectivity index (χ2v) is 5.07. The first kappa shape index (κ1) is 11.1. The van der Waals surface area contributed by atoms with Crippen LogP contribution in [0.4, 0.5) is 0 Å². The van der Waals surface area contributed by atoms with Crippen LogP contribution in [0.3, 0.4) is 0 Å². The lowest BCUT2D eigenvalue weighted by molar-refractivity contribution is 0.396. The molecule has 0 bridgehead atoms. The Balaban J connectivity index is 2.00. The summed E-state index contributed by atoms with van der Waals surface area (Å²) in [6.45, 7) is 0. The van der Waals surface area contributed by atoms with Gasteiger partial charge in [0.2, 0.25) is 0 Å². The van der Waals surface area contributed by atoms with Crippen LogP contribution in [-0.2, 0) is 6.42 Å². The summed E-state index contributed by atoms with van der Waals surface area (Å²) in [5.74, 6) is 0. The van der Waals surface area contributed by atoms with Gasteiger partial charge in [0.05, 0.1) is 11.7 Å². The largest absolute Gasteiger partial charge is 0.249 e. The Kier molecular flexibility index (Phi) is 4.18. The molecule has 0 aliphatic heterocycles. The van der Waals surface area contributed by atoms with Crippen molar-refractivity contribution in [2.45, 2.75) is 51.0 Å². The Morgan fingerprint density at radius 1 is 1.27 bits per heavy atom. The first-order valence-electron chi connectivity index (χ1n) is 5.87. The number of hydrogen-bond acceptors (Lipinski definition) is 2. The van der Waals surface area contributed by atoms with Gasteiger partial charge >= 0.3 is 0 Å². The zero-order valence-electron chi connectivity index (χ0n) is 9.03. The van der Waals surface area contributed by atoms with Crippen LogP contribution < -0.4 is 0 Å².